The fourth-order valence-corrected chi connectivity index (χ4v) is 3.93. The van der Waals surface area contributed by atoms with Gasteiger partial charge in [-0.3, -0.25) is 4.79 Å². The third-order valence-electron chi connectivity index (χ3n) is 4.55. The lowest BCUT2D eigenvalue weighted by Gasteiger charge is -2.07. The van der Waals surface area contributed by atoms with Gasteiger partial charge in [-0.05, 0) is 38.1 Å². The van der Waals surface area contributed by atoms with Gasteiger partial charge in [0, 0.05) is 27.3 Å². The van der Waals surface area contributed by atoms with Gasteiger partial charge >= 0.3 is 0 Å². The van der Waals surface area contributed by atoms with E-state index in [1.165, 1.54) is 4.88 Å². The van der Waals surface area contributed by atoms with Crippen molar-refractivity contribution in [2.45, 2.75) is 13.8 Å². The Hall–Kier alpha value is -3.24. The summed E-state index contributed by atoms with van der Waals surface area (Å²) in [5.41, 5.74) is 5.71. The third kappa shape index (κ3) is 3.87. The summed E-state index contributed by atoms with van der Waals surface area (Å²) in [6.07, 6.45) is 0. The average Bonchev–Trinajstić information content (AvgIpc) is 3.11. The Bertz CT molecular complexity index is 1100. The first-order valence-corrected chi connectivity index (χ1v) is 9.93. The Balaban J connectivity index is 1.53. The highest BCUT2D eigenvalue weighted by molar-refractivity contribution is 7.15. The molecule has 3 nitrogen and oxygen atoms in total. The standard InChI is InChI=1S/C24H20N2OS/c1-16-8-10-19(11-9-16)23(27)25-21-14-12-18(13-15-21)22-17(2)28-24(26-22)20-6-4-3-5-7-20/h3-15H,1-2H3,(H,25,27). The molecule has 1 amide bonds. The summed E-state index contributed by atoms with van der Waals surface area (Å²) in [7, 11) is 0. The lowest BCUT2D eigenvalue weighted by atomic mass is 10.1. The fourth-order valence-electron chi connectivity index (χ4n) is 2.99. The van der Waals surface area contributed by atoms with Crippen molar-refractivity contribution in [3.8, 4) is 21.8 Å². The molecule has 138 valence electrons. The van der Waals surface area contributed by atoms with Crippen LogP contribution in [0.1, 0.15) is 20.8 Å². The molecule has 0 aliphatic rings. The molecule has 1 aromatic heterocycles. The second kappa shape index (κ2) is 7.79. The monoisotopic (exact) mass is 384 g/mol. The Morgan fingerprint density at radius 2 is 1.50 bits per heavy atom. The Kier molecular flexibility index (Phi) is 5.04. The molecule has 0 unspecified atom stereocenters. The highest BCUT2D eigenvalue weighted by Crippen LogP contribution is 2.33. The zero-order valence-electron chi connectivity index (χ0n) is 15.8. The van der Waals surface area contributed by atoms with E-state index in [1.54, 1.807) is 11.3 Å². The third-order valence-corrected chi connectivity index (χ3v) is 5.57. The van der Waals surface area contributed by atoms with E-state index in [2.05, 4.69) is 24.4 Å². The van der Waals surface area contributed by atoms with Crippen molar-refractivity contribution in [2.24, 2.45) is 0 Å². The van der Waals surface area contributed by atoms with E-state index in [-0.39, 0.29) is 5.91 Å². The topological polar surface area (TPSA) is 42.0 Å². The zero-order chi connectivity index (χ0) is 19.5. The molecule has 0 spiro atoms. The molecule has 0 saturated heterocycles. The van der Waals surface area contributed by atoms with Crippen molar-refractivity contribution in [1.82, 2.24) is 4.98 Å². The number of rotatable bonds is 4. The number of carbonyl (C=O) groups is 1. The number of nitrogens with zero attached hydrogens (tertiary/aromatic N) is 1. The van der Waals surface area contributed by atoms with Crippen LogP contribution in [0.5, 0.6) is 0 Å². The minimum Gasteiger partial charge on any atom is -0.322 e. The van der Waals surface area contributed by atoms with Gasteiger partial charge in [-0.15, -0.1) is 11.3 Å². The molecular formula is C24H20N2OS. The van der Waals surface area contributed by atoms with E-state index in [0.717, 1.165) is 33.1 Å². The number of aromatic nitrogens is 1. The maximum absolute atomic E-state index is 12.4. The molecule has 4 aromatic rings. The largest absolute Gasteiger partial charge is 0.322 e. The molecule has 0 bridgehead atoms. The molecule has 0 aliphatic heterocycles. The van der Waals surface area contributed by atoms with Crippen LogP contribution in [0.2, 0.25) is 0 Å². The molecule has 0 atom stereocenters. The minimum absolute atomic E-state index is 0.107. The number of amides is 1. The van der Waals surface area contributed by atoms with E-state index in [0.29, 0.717) is 5.56 Å². The van der Waals surface area contributed by atoms with Gasteiger partial charge in [0.15, 0.2) is 0 Å². The summed E-state index contributed by atoms with van der Waals surface area (Å²) in [6.45, 7) is 4.09. The first-order valence-electron chi connectivity index (χ1n) is 9.11. The van der Waals surface area contributed by atoms with Crippen molar-refractivity contribution < 1.29 is 4.79 Å². The number of nitrogens with one attached hydrogen (secondary N) is 1. The van der Waals surface area contributed by atoms with Gasteiger partial charge in [0.1, 0.15) is 5.01 Å². The van der Waals surface area contributed by atoms with E-state index >= 15 is 0 Å². The molecule has 1 N–H and O–H groups in total. The number of hydrogen-bond donors (Lipinski definition) is 1. The first kappa shape index (κ1) is 18.1. The fraction of sp³-hybridized carbons (Fsp3) is 0.0833. The molecule has 3 aromatic carbocycles. The van der Waals surface area contributed by atoms with E-state index < -0.39 is 0 Å². The van der Waals surface area contributed by atoms with Crippen LogP contribution in [-0.4, -0.2) is 10.9 Å². The van der Waals surface area contributed by atoms with Crippen LogP contribution in [0.4, 0.5) is 5.69 Å². The molecule has 0 aliphatic carbocycles. The Morgan fingerprint density at radius 3 is 2.18 bits per heavy atom. The number of aryl methyl sites for hydroxylation is 2. The maximum atomic E-state index is 12.4. The van der Waals surface area contributed by atoms with Crippen LogP contribution in [0, 0.1) is 13.8 Å². The molecular weight excluding hydrogens is 364 g/mol. The predicted octanol–water partition coefficient (Wildman–Crippen LogP) is 6.35. The van der Waals surface area contributed by atoms with Gasteiger partial charge in [0.05, 0.1) is 5.69 Å². The van der Waals surface area contributed by atoms with Crippen molar-refractivity contribution in [3.63, 3.8) is 0 Å². The molecule has 28 heavy (non-hydrogen) atoms. The summed E-state index contributed by atoms with van der Waals surface area (Å²) in [4.78, 5) is 18.4. The molecule has 4 heteroatoms. The molecule has 0 radical (unpaired) electrons. The zero-order valence-corrected chi connectivity index (χ0v) is 16.6. The highest BCUT2D eigenvalue weighted by atomic mass is 32.1. The second-order valence-electron chi connectivity index (χ2n) is 6.69. The van der Waals surface area contributed by atoms with E-state index in [1.807, 2.05) is 73.7 Å². The van der Waals surface area contributed by atoms with Gasteiger partial charge < -0.3 is 5.32 Å². The second-order valence-corrected chi connectivity index (χ2v) is 7.89. The average molecular weight is 385 g/mol. The van der Waals surface area contributed by atoms with Gasteiger partial charge in [-0.25, -0.2) is 4.98 Å². The van der Waals surface area contributed by atoms with Crippen LogP contribution in [0.25, 0.3) is 21.8 Å². The van der Waals surface area contributed by atoms with Crippen LogP contribution >= 0.6 is 11.3 Å². The molecule has 4 rings (SSSR count). The minimum atomic E-state index is -0.107. The number of thiazole rings is 1. The van der Waals surface area contributed by atoms with Gasteiger partial charge in [0.2, 0.25) is 0 Å². The summed E-state index contributed by atoms with van der Waals surface area (Å²) < 4.78 is 0. The molecule has 0 fully saturated rings. The van der Waals surface area contributed by atoms with Crippen molar-refractivity contribution in [1.29, 1.82) is 0 Å². The first-order chi connectivity index (χ1) is 13.6. The summed E-state index contributed by atoms with van der Waals surface area (Å²) in [5.74, 6) is -0.107. The van der Waals surface area contributed by atoms with Crippen LogP contribution < -0.4 is 5.32 Å². The lowest BCUT2D eigenvalue weighted by molar-refractivity contribution is 0.102. The summed E-state index contributed by atoms with van der Waals surface area (Å²) in [5, 5.41) is 3.96. The van der Waals surface area contributed by atoms with Crippen molar-refractivity contribution in [2.75, 3.05) is 5.32 Å². The van der Waals surface area contributed by atoms with Crippen molar-refractivity contribution in [3.05, 3.63) is 94.9 Å². The summed E-state index contributed by atoms with van der Waals surface area (Å²) >= 11 is 1.69. The number of hydrogen-bond acceptors (Lipinski definition) is 3. The van der Waals surface area contributed by atoms with Crippen LogP contribution in [0.15, 0.2) is 78.9 Å². The highest BCUT2D eigenvalue weighted by Gasteiger charge is 2.12. The van der Waals surface area contributed by atoms with Gasteiger partial charge in [0.25, 0.3) is 5.91 Å². The Morgan fingerprint density at radius 1 is 0.821 bits per heavy atom. The number of carbonyl (C=O) groups excluding carboxylic acids is 1. The Labute approximate surface area is 168 Å². The van der Waals surface area contributed by atoms with Gasteiger partial charge in [-0.1, -0.05) is 60.2 Å². The molecule has 0 saturated carbocycles. The smallest absolute Gasteiger partial charge is 0.255 e. The SMILES string of the molecule is Cc1ccc(C(=O)Nc2ccc(-c3nc(-c4ccccc4)sc3C)cc2)cc1. The normalized spacial score (nSPS) is 10.6. The number of anilines is 1. The summed E-state index contributed by atoms with van der Waals surface area (Å²) in [6, 6.07) is 25.6. The lowest BCUT2D eigenvalue weighted by Crippen LogP contribution is -2.11. The van der Waals surface area contributed by atoms with E-state index in [9.17, 15) is 4.79 Å². The van der Waals surface area contributed by atoms with Crippen LogP contribution in [-0.2, 0) is 0 Å². The van der Waals surface area contributed by atoms with E-state index in [4.69, 9.17) is 4.98 Å². The van der Waals surface area contributed by atoms with Gasteiger partial charge in [-0.2, -0.15) is 0 Å². The maximum Gasteiger partial charge on any atom is 0.255 e. The predicted molar refractivity (Wildman–Crippen MR) is 117 cm³/mol. The quantitative estimate of drug-likeness (QED) is 0.446. The number of benzene rings is 3. The van der Waals surface area contributed by atoms with Crippen molar-refractivity contribution >= 4 is 22.9 Å². The van der Waals surface area contributed by atoms with Crippen LogP contribution in [0.3, 0.4) is 0 Å². The molecule has 1 heterocycles.